The minimum absolute atomic E-state index is 0.0799. The van der Waals surface area contributed by atoms with E-state index in [4.69, 9.17) is 5.11 Å². The summed E-state index contributed by atoms with van der Waals surface area (Å²) in [5, 5.41) is 13.7. The third-order valence-electron chi connectivity index (χ3n) is 2.33. The molecule has 0 spiro atoms. The van der Waals surface area contributed by atoms with Crippen molar-refractivity contribution in [3.63, 3.8) is 0 Å². The number of nitrogens with one attached hydrogen (secondary N) is 1. The molecule has 1 atom stereocenters. The molecule has 96 valence electrons. The Bertz CT molecular complexity index is 314. The molecular formula is C12H19NO2S2. The second kappa shape index (κ2) is 8.55. The van der Waals surface area contributed by atoms with Gasteiger partial charge in [0, 0.05) is 23.8 Å². The SMILES string of the molecule is CC(CCO)CNC(=O)CSCc1cccs1. The van der Waals surface area contributed by atoms with Crippen LogP contribution in [0.3, 0.4) is 0 Å². The van der Waals surface area contributed by atoms with Gasteiger partial charge >= 0.3 is 0 Å². The van der Waals surface area contributed by atoms with Gasteiger partial charge in [0.15, 0.2) is 0 Å². The minimum Gasteiger partial charge on any atom is -0.396 e. The van der Waals surface area contributed by atoms with E-state index in [0.717, 1.165) is 12.2 Å². The Hall–Kier alpha value is -0.520. The van der Waals surface area contributed by atoms with Gasteiger partial charge in [-0.15, -0.1) is 23.1 Å². The standard InChI is InChI=1S/C12H19NO2S2/c1-10(4-5-14)7-13-12(15)9-16-8-11-3-2-6-17-11/h2-3,6,10,14H,4-5,7-9H2,1H3,(H,13,15). The molecule has 1 amide bonds. The van der Waals surface area contributed by atoms with Crippen LogP contribution in [0.5, 0.6) is 0 Å². The van der Waals surface area contributed by atoms with E-state index in [9.17, 15) is 4.79 Å². The van der Waals surface area contributed by atoms with Crippen LogP contribution in [-0.2, 0) is 10.5 Å². The summed E-state index contributed by atoms with van der Waals surface area (Å²) in [6.07, 6.45) is 0.739. The van der Waals surface area contributed by atoms with Crippen LogP contribution in [0.25, 0.3) is 0 Å². The van der Waals surface area contributed by atoms with Crippen molar-refractivity contribution in [2.24, 2.45) is 5.92 Å². The smallest absolute Gasteiger partial charge is 0.230 e. The molecular weight excluding hydrogens is 254 g/mol. The van der Waals surface area contributed by atoms with Gasteiger partial charge < -0.3 is 10.4 Å². The zero-order valence-corrected chi connectivity index (χ0v) is 11.6. The lowest BCUT2D eigenvalue weighted by molar-refractivity contribution is -0.118. The highest BCUT2D eigenvalue weighted by molar-refractivity contribution is 7.99. The van der Waals surface area contributed by atoms with Crippen molar-refractivity contribution in [1.29, 1.82) is 0 Å². The van der Waals surface area contributed by atoms with Crippen molar-refractivity contribution in [3.8, 4) is 0 Å². The molecule has 0 bridgehead atoms. The first-order chi connectivity index (χ1) is 8.22. The number of rotatable bonds is 8. The van der Waals surface area contributed by atoms with Gasteiger partial charge in [-0.1, -0.05) is 13.0 Å². The van der Waals surface area contributed by atoms with Gasteiger partial charge in [0.25, 0.3) is 0 Å². The number of thiophene rings is 1. The summed E-state index contributed by atoms with van der Waals surface area (Å²) < 4.78 is 0. The number of hydrogen-bond donors (Lipinski definition) is 2. The van der Waals surface area contributed by atoms with Crippen molar-refractivity contribution < 1.29 is 9.90 Å². The maximum atomic E-state index is 11.5. The number of carbonyl (C=O) groups excluding carboxylic acids is 1. The second-order valence-corrected chi connectivity index (χ2v) is 6.01. The van der Waals surface area contributed by atoms with E-state index in [2.05, 4.69) is 11.4 Å². The molecule has 0 aromatic carbocycles. The normalized spacial score (nSPS) is 12.4. The van der Waals surface area contributed by atoms with Crippen LogP contribution in [0.1, 0.15) is 18.2 Å². The zero-order chi connectivity index (χ0) is 12.5. The molecule has 1 aromatic rings. The molecule has 1 heterocycles. The van der Waals surface area contributed by atoms with E-state index >= 15 is 0 Å². The third-order valence-corrected chi connectivity index (χ3v) is 4.37. The van der Waals surface area contributed by atoms with Crippen molar-refractivity contribution in [3.05, 3.63) is 22.4 Å². The molecule has 1 unspecified atom stereocenters. The van der Waals surface area contributed by atoms with Crippen LogP contribution < -0.4 is 5.32 Å². The van der Waals surface area contributed by atoms with Crippen LogP contribution >= 0.6 is 23.1 Å². The Morgan fingerprint density at radius 2 is 2.47 bits per heavy atom. The number of thioether (sulfide) groups is 1. The fourth-order valence-corrected chi connectivity index (χ4v) is 3.00. The first-order valence-corrected chi connectivity index (χ1v) is 7.73. The monoisotopic (exact) mass is 273 g/mol. The number of aliphatic hydroxyl groups is 1. The van der Waals surface area contributed by atoms with E-state index in [1.165, 1.54) is 4.88 Å². The fraction of sp³-hybridized carbons (Fsp3) is 0.583. The highest BCUT2D eigenvalue weighted by Crippen LogP contribution is 2.16. The Morgan fingerprint density at radius 3 is 3.12 bits per heavy atom. The molecule has 17 heavy (non-hydrogen) atoms. The molecule has 2 N–H and O–H groups in total. The molecule has 3 nitrogen and oxygen atoms in total. The Morgan fingerprint density at radius 1 is 1.65 bits per heavy atom. The van der Waals surface area contributed by atoms with E-state index in [1.54, 1.807) is 23.1 Å². The lowest BCUT2D eigenvalue weighted by Gasteiger charge is -2.10. The van der Waals surface area contributed by atoms with E-state index in [1.807, 2.05) is 18.4 Å². The fourth-order valence-electron chi connectivity index (χ4n) is 1.30. The first-order valence-electron chi connectivity index (χ1n) is 5.70. The van der Waals surface area contributed by atoms with Crippen LogP contribution in [0, 0.1) is 5.92 Å². The molecule has 5 heteroatoms. The summed E-state index contributed by atoms with van der Waals surface area (Å²) in [5.41, 5.74) is 0. The number of amides is 1. The van der Waals surface area contributed by atoms with E-state index in [0.29, 0.717) is 18.2 Å². The van der Waals surface area contributed by atoms with Gasteiger partial charge in [-0.25, -0.2) is 0 Å². The molecule has 0 aliphatic rings. The van der Waals surface area contributed by atoms with E-state index < -0.39 is 0 Å². The van der Waals surface area contributed by atoms with Crippen LogP contribution in [-0.4, -0.2) is 29.9 Å². The summed E-state index contributed by atoms with van der Waals surface area (Å²) in [7, 11) is 0. The summed E-state index contributed by atoms with van der Waals surface area (Å²) in [5.74, 6) is 1.82. The average Bonchev–Trinajstić information content (AvgIpc) is 2.80. The lowest BCUT2D eigenvalue weighted by Crippen LogP contribution is -2.30. The van der Waals surface area contributed by atoms with Crippen LogP contribution in [0.2, 0.25) is 0 Å². The second-order valence-electron chi connectivity index (χ2n) is 3.99. The molecule has 0 aliphatic heterocycles. The number of aliphatic hydroxyl groups excluding tert-OH is 1. The predicted molar refractivity (Wildman–Crippen MR) is 74.4 cm³/mol. The molecule has 0 radical (unpaired) electrons. The Balaban J connectivity index is 2.05. The Labute approximate surface area is 111 Å². The topological polar surface area (TPSA) is 49.3 Å². The van der Waals surface area contributed by atoms with Gasteiger partial charge in [0.2, 0.25) is 5.91 Å². The zero-order valence-electron chi connectivity index (χ0n) is 10.0. The third kappa shape index (κ3) is 6.71. The van der Waals surface area contributed by atoms with Crippen molar-refractivity contribution in [2.75, 3.05) is 18.9 Å². The summed E-state index contributed by atoms with van der Waals surface area (Å²) in [6.45, 7) is 2.86. The quantitative estimate of drug-likeness (QED) is 0.763. The minimum atomic E-state index is 0.0799. The number of hydrogen-bond acceptors (Lipinski definition) is 4. The Kier molecular flexibility index (Phi) is 7.32. The number of carbonyl (C=O) groups is 1. The van der Waals surface area contributed by atoms with Crippen molar-refractivity contribution in [1.82, 2.24) is 5.32 Å². The lowest BCUT2D eigenvalue weighted by atomic mass is 10.1. The van der Waals surface area contributed by atoms with Gasteiger partial charge in [0.1, 0.15) is 0 Å². The summed E-state index contributed by atoms with van der Waals surface area (Å²) >= 11 is 3.35. The summed E-state index contributed by atoms with van der Waals surface area (Å²) in [4.78, 5) is 12.8. The predicted octanol–water partition coefficient (Wildman–Crippen LogP) is 2.12. The largest absolute Gasteiger partial charge is 0.396 e. The molecule has 1 rings (SSSR count). The van der Waals surface area contributed by atoms with E-state index in [-0.39, 0.29) is 12.5 Å². The molecule has 0 aliphatic carbocycles. The summed E-state index contributed by atoms with van der Waals surface area (Å²) in [6, 6.07) is 4.11. The average molecular weight is 273 g/mol. The highest BCUT2D eigenvalue weighted by Gasteiger charge is 2.05. The van der Waals surface area contributed by atoms with Gasteiger partial charge in [-0.3, -0.25) is 4.79 Å². The molecule has 0 fully saturated rings. The van der Waals surface area contributed by atoms with Crippen LogP contribution in [0.15, 0.2) is 17.5 Å². The first kappa shape index (κ1) is 14.5. The molecule has 0 saturated heterocycles. The molecule has 1 aromatic heterocycles. The highest BCUT2D eigenvalue weighted by atomic mass is 32.2. The maximum absolute atomic E-state index is 11.5. The maximum Gasteiger partial charge on any atom is 0.230 e. The van der Waals surface area contributed by atoms with Crippen molar-refractivity contribution >= 4 is 29.0 Å². The van der Waals surface area contributed by atoms with Gasteiger partial charge in [-0.05, 0) is 23.8 Å². The van der Waals surface area contributed by atoms with Gasteiger partial charge in [-0.2, -0.15) is 0 Å². The molecule has 0 saturated carbocycles. The van der Waals surface area contributed by atoms with Crippen molar-refractivity contribution in [2.45, 2.75) is 19.1 Å². The van der Waals surface area contributed by atoms with Crippen LogP contribution in [0.4, 0.5) is 0 Å². The van der Waals surface area contributed by atoms with Gasteiger partial charge in [0.05, 0.1) is 5.75 Å².